The molecule has 8 heteroatoms. The van der Waals surface area contributed by atoms with Gasteiger partial charge < -0.3 is 18.9 Å². The van der Waals surface area contributed by atoms with Crippen LogP contribution in [0.25, 0.3) is 0 Å². The second-order valence-electron chi connectivity index (χ2n) is 6.07. The van der Waals surface area contributed by atoms with Crippen molar-refractivity contribution in [1.29, 1.82) is 0 Å². The summed E-state index contributed by atoms with van der Waals surface area (Å²) in [5, 5.41) is 0. The first-order valence-electron chi connectivity index (χ1n) is 9.16. The summed E-state index contributed by atoms with van der Waals surface area (Å²) in [5.74, 6) is 1.50. The molecule has 0 saturated heterocycles. The van der Waals surface area contributed by atoms with Crippen LogP contribution >= 0.6 is 0 Å². The number of methoxy groups -OCH3 is 2. The maximum atomic E-state index is 12.1. The van der Waals surface area contributed by atoms with Gasteiger partial charge in [-0.05, 0) is 55.8 Å². The number of benzene rings is 2. The van der Waals surface area contributed by atoms with E-state index in [1.807, 2.05) is 6.92 Å². The van der Waals surface area contributed by atoms with Crippen molar-refractivity contribution in [2.75, 3.05) is 20.8 Å². The fourth-order valence-corrected chi connectivity index (χ4v) is 2.49. The highest BCUT2D eigenvalue weighted by molar-refractivity contribution is 5.85. The summed E-state index contributed by atoms with van der Waals surface area (Å²) in [7, 11) is 3.06. The second kappa shape index (κ2) is 10.8. The average Bonchev–Trinajstić information content (AvgIpc) is 2.73. The third-order valence-corrected chi connectivity index (χ3v) is 3.95. The molecule has 0 unspecified atom stereocenters. The molecule has 0 saturated carbocycles. The predicted molar refractivity (Wildman–Crippen MR) is 107 cm³/mol. The summed E-state index contributed by atoms with van der Waals surface area (Å²) in [6.45, 7) is 4.06. The van der Waals surface area contributed by atoms with E-state index in [2.05, 4.69) is 10.9 Å². The number of amides is 2. The minimum absolute atomic E-state index is 0.0642. The predicted octanol–water partition coefficient (Wildman–Crippen LogP) is 2.26. The van der Waals surface area contributed by atoms with Crippen molar-refractivity contribution in [1.82, 2.24) is 10.9 Å². The van der Waals surface area contributed by atoms with Crippen LogP contribution in [0.1, 0.15) is 19.4 Å². The van der Waals surface area contributed by atoms with Crippen molar-refractivity contribution in [2.45, 2.75) is 26.4 Å². The lowest BCUT2D eigenvalue weighted by Gasteiger charge is -2.15. The van der Waals surface area contributed by atoms with Crippen molar-refractivity contribution in [3.05, 3.63) is 48.0 Å². The number of ether oxygens (including phenoxy) is 4. The third kappa shape index (κ3) is 6.60. The number of carbonyl (C=O) groups is 2. The topological polar surface area (TPSA) is 95.1 Å². The Balaban J connectivity index is 1.82. The number of hydrogen-bond donors (Lipinski definition) is 2. The Morgan fingerprint density at radius 3 is 2.21 bits per heavy atom. The molecule has 0 aliphatic carbocycles. The first kappa shape index (κ1) is 21.9. The number of carbonyl (C=O) groups excluding carboxylic acids is 2. The molecule has 8 nitrogen and oxygen atoms in total. The van der Waals surface area contributed by atoms with E-state index in [0.717, 1.165) is 5.75 Å². The van der Waals surface area contributed by atoms with Crippen molar-refractivity contribution >= 4 is 11.8 Å². The number of rotatable bonds is 9. The molecule has 29 heavy (non-hydrogen) atoms. The minimum Gasteiger partial charge on any atom is -0.494 e. The molecule has 0 aliphatic rings. The smallest absolute Gasteiger partial charge is 0.279 e. The summed E-state index contributed by atoms with van der Waals surface area (Å²) >= 11 is 0. The number of hydrazine groups is 1. The molecule has 0 bridgehead atoms. The van der Waals surface area contributed by atoms with Crippen LogP contribution < -0.4 is 29.8 Å². The highest BCUT2D eigenvalue weighted by Crippen LogP contribution is 2.27. The van der Waals surface area contributed by atoms with Crippen LogP contribution in [0.15, 0.2) is 42.5 Å². The van der Waals surface area contributed by atoms with Crippen LogP contribution in [-0.4, -0.2) is 38.7 Å². The molecule has 1 atom stereocenters. The van der Waals surface area contributed by atoms with Crippen LogP contribution in [-0.2, 0) is 16.0 Å². The molecule has 0 spiro atoms. The molecular formula is C21H26N2O6. The Kier molecular flexibility index (Phi) is 8.14. The largest absolute Gasteiger partial charge is 0.494 e. The second-order valence-corrected chi connectivity index (χ2v) is 6.07. The lowest BCUT2D eigenvalue weighted by Crippen LogP contribution is -2.47. The van der Waals surface area contributed by atoms with Gasteiger partial charge in [-0.2, -0.15) is 0 Å². The molecule has 2 N–H and O–H groups in total. The monoisotopic (exact) mass is 402 g/mol. The molecule has 2 aromatic rings. The molecular weight excluding hydrogens is 376 g/mol. The van der Waals surface area contributed by atoms with E-state index in [-0.39, 0.29) is 12.3 Å². The summed E-state index contributed by atoms with van der Waals surface area (Å²) in [6.07, 6.45) is -0.733. The zero-order valence-corrected chi connectivity index (χ0v) is 17.0. The Labute approximate surface area is 170 Å². The van der Waals surface area contributed by atoms with E-state index in [9.17, 15) is 9.59 Å². The zero-order chi connectivity index (χ0) is 21.2. The molecule has 156 valence electrons. The van der Waals surface area contributed by atoms with Gasteiger partial charge >= 0.3 is 0 Å². The van der Waals surface area contributed by atoms with Gasteiger partial charge in [0.2, 0.25) is 5.91 Å². The Morgan fingerprint density at radius 1 is 0.931 bits per heavy atom. The standard InChI is InChI=1S/C21H26N2O6/c1-5-28-16-7-9-17(10-8-16)29-14(2)21(25)23-22-20(24)13-15-6-11-18(26-3)19(12-15)27-4/h6-12,14H,5,13H2,1-4H3,(H,22,24)(H,23,25)/t14-/m0/s1. The third-order valence-electron chi connectivity index (χ3n) is 3.95. The summed E-state index contributed by atoms with van der Waals surface area (Å²) in [4.78, 5) is 24.2. The Morgan fingerprint density at radius 2 is 1.59 bits per heavy atom. The first-order valence-corrected chi connectivity index (χ1v) is 9.16. The molecule has 0 aliphatic heterocycles. The van der Waals surface area contributed by atoms with Crippen LogP contribution in [0.3, 0.4) is 0 Å². The normalized spacial score (nSPS) is 11.2. The van der Waals surface area contributed by atoms with Crippen molar-refractivity contribution in [2.24, 2.45) is 0 Å². The van der Waals surface area contributed by atoms with Crippen molar-refractivity contribution in [3.63, 3.8) is 0 Å². The van der Waals surface area contributed by atoms with E-state index < -0.39 is 12.0 Å². The minimum atomic E-state index is -0.797. The summed E-state index contributed by atoms with van der Waals surface area (Å²) < 4.78 is 21.3. The lowest BCUT2D eigenvalue weighted by molar-refractivity contribution is -0.132. The Bertz CT molecular complexity index is 822. The van der Waals surface area contributed by atoms with Gasteiger partial charge in [-0.15, -0.1) is 0 Å². The number of nitrogens with one attached hydrogen (secondary N) is 2. The van der Waals surface area contributed by atoms with Crippen LogP contribution in [0.4, 0.5) is 0 Å². The van der Waals surface area contributed by atoms with Gasteiger partial charge in [-0.25, -0.2) is 0 Å². The van der Waals surface area contributed by atoms with Gasteiger partial charge in [0.15, 0.2) is 17.6 Å². The van der Waals surface area contributed by atoms with E-state index >= 15 is 0 Å². The summed E-state index contributed by atoms with van der Waals surface area (Å²) in [6, 6.07) is 12.1. The van der Waals surface area contributed by atoms with Gasteiger partial charge in [-0.1, -0.05) is 6.07 Å². The quantitative estimate of drug-likeness (QED) is 0.625. The van der Waals surface area contributed by atoms with Crippen LogP contribution in [0, 0.1) is 0 Å². The van der Waals surface area contributed by atoms with E-state index in [4.69, 9.17) is 18.9 Å². The molecule has 2 aromatic carbocycles. The van der Waals surface area contributed by atoms with Gasteiger partial charge in [0.1, 0.15) is 11.5 Å². The Hall–Kier alpha value is -3.42. The van der Waals surface area contributed by atoms with Gasteiger partial charge in [0.05, 0.1) is 27.2 Å². The highest BCUT2D eigenvalue weighted by atomic mass is 16.5. The summed E-state index contributed by atoms with van der Waals surface area (Å²) in [5.41, 5.74) is 5.46. The van der Waals surface area contributed by atoms with Crippen molar-refractivity contribution < 1.29 is 28.5 Å². The molecule has 2 rings (SSSR count). The highest BCUT2D eigenvalue weighted by Gasteiger charge is 2.16. The molecule has 0 radical (unpaired) electrons. The van der Waals surface area contributed by atoms with Gasteiger partial charge in [0, 0.05) is 0 Å². The van der Waals surface area contributed by atoms with Crippen LogP contribution in [0.5, 0.6) is 23.0 Å². The lowest BCUT2D eigenvalue weighted by atomic mass is 10.1. The molecule has 2 amide bonds. The van der Waals surface area contributed by atoms with Gasteiger partial charge in [0.25, 0.3) is 5.91 Å². The molecule has 0 aromatic heterocycles. The fraction of sp³-hybridized carbons (Fsp3) is 0.333. The van der Waals surface area contributed by atoms with Crippen molar-refractivity contribution in [3.8, 4) is 23.0 Å². The maximum absolute atomic E-state index is 12.1. The fourth-order valence-electron chi connectivity index (χ4n) is 2.49. The first-order chi connectivity index (χ1) is 14.0. The van der Waals surface area contributed by atoms with E-state index in [0.29, 0.717) is 29.4 Å². The zero-order valence-electron chi connectivity index (χ0n) is 17.0. The maximum Gasteiger partial charge on any atom is 0.279 e. The average molecular weight is 402 g/mol. The van der Waals surface area contributed by atoms with Gasteiger partial charge in [-0.3, -0.25) is 20.4 Å². The molecule has 0 heterocycles. The van der Waals surface area contributed by atoms with E-state index in [1.54, 1.807) is 49.4 Å². The molecule has 0 fully saturated rings. The SMILES string of the molecule is CCOc1ccc(O[C@@H](C)C(=O)NNC(=O)Cc2ccc(OC)c(OC)c2)cc1. The van der Waals surface area contributed by atoms with E-state index in [1.165, 1.54) is 14.2 Å². The van der Waals surface area contributed by atoms with Crippen LogP contribution in [0.2, 0.25) is 0 Å². The number of hydrogen-bond acceptors (Lipinski definition) is 6.